The molecule has 1 aliphatic carbocycles. The Bertz CT molecular complexity index is 396. The van der Waals surface area contributed by atoms with Gasteiger partial charge in [-0.15, -0.1) is 5.10 Å². The maximum Gasteiger partial charge on any atom is 0.343 e. The van der Waals surface area contributed by atoms with Crippen molar-refractivity contribution in [3.63, 3.8) is 0 Å². The lowest BCUT2D eigenvalue weighted by Crippen LogP contribution is -2.19. The number of H-pyrrole nitrogens is 1. The number of hydrogen-bond acceptors (Lipinski definition) is 4. The Hall–Kier alpha value is -0.750. The molecule has 0 atom stereocenters. The van der Waals surface area contributed by atoms with Gasteiger partial charge in [-0.25, -0.2) is 9.89 Å². The molecule has 0 radical (unpaired) electrons. The predicted molar refractivity (Wildman–Crippen MR) is 67.5 cm³/mol. The molecule has 96 valence electrons. The third-order valence-corrected chi connectivity index (χ3v) is 4.35. The van der Waals surface area contributed by atoms with Gasteiger partial charge in [0.1, 0.15) is 0 Å². The SMILES string of the molecule is COCCCn1c(SC2CCCC2)n[nH]c1=O. The summed E-state index contributed by atoms with van der Waals surface area (Å²) >= 11 is 1.74. The fourth-order valence-electron chi connectivity index (χ4n) is 2.11. The normalized spacial score (nSPS) is 16.8. The Morgan fingerprint density at radius 3 is 3.00 bits per heavy atom. The second-order valence-electron chi connectivity index (χ2n) is 4.33. The van der Waals surface area contributed by atoms with Gasteiger partial charge in [0.25, 0.3) is 0 Å². The molecule has 17 heavy (non-hydrogen) atoms. The monoisotopic (exact) mass is 257 g/mol. The first-order valence-electron chi connectivity index (χ1n) is 6.12. The third-order valence-electron chi connectivity index (χ3n) is 3.03. The molecule has 0 saturated heterocycles. The van der Waals surface area contributed by atoms with Gasteiger partial charge in [0.15, 0.2) is 5.16 Å². The van der Waals surface area contributed by atoms with Crippen molar-refractivity contribution in [2.75, 3.05) is 13.7 Å². The van der Waals surface area contributed by atoms with Gasteiger partial charge in [-0.2, -0.15) is 0 Å². The Morgan fingerprint density at radius 1 is 1.53 bits per heavy atom. The molecule has 2 rings (SSSR count). The molecule has 0 aromatic carbocycles. The van der Waals surface area contributed by atoms with Crippen molar-refractivity contribution in [2.24, 2.45) is 0 Å². The summed E-state index contributed by atoms with van der Waals surface area (Å²) in [6.07, 6.45) is 5.92. The zero-order valence-electron chi connectivity index (χ0n) is 10.1. The van der Waals surface area contributed by atoms with Crippen molar-refractivity contribution in [1.82, 2.24) is 14.8 Å². The van der Waals surface area contributed by atoms with E-state index in [1.54, 1.807) is 23.4 Å². The van der Waals surface area contributed by atoms with Crippen LogP contribution in [0.2, 0.25) is 0 Å². The van der Waals surface area contributed by atoms with E-state index in [4.69, 9.17) is 4.74 Å². The van der Waals surface area contributed by atoms with Crippen LogP contribution in [-0.4, -0.2) is 33.7 Å². The molecule has 1 aliphatic rings. The molecule has 6 heteroatoms. The average molecular weight is 257 g/mol. The Labute approximate surface area is 105 Å². The molecule has 0 aliphatic heterocycles. The fourth-order valence-corrected chi connectivity index (χ4v) is 3.38. The van der Waals surface area contributed by atoms with E-state index in [0.717, 1.165) is 11.6 Å². The molecule has 1 saturated carbocycles. The van der Waals surface area contributed by atoms with Crippen molar-refractivity contribution in [3.8, 4) is 0 Å². The van der Waals surface area contributed by atoms with Crippen LogP contribution in [0.25, 0.3) is 0 Å². The highest BCUT2D eigenvalue weighted by atomic mass is 32.2. The molecule has 0 spiro atoms. The van der Waals surface area contributed by atoms with Crippen LogP contribution in [0, 0.1) is 0 Å². The summed E-state index contributed by atoms with van der Waals surface area (Å²) < 4.78 is 6.72. The smallest absolute Gasteiger partial charge is 0.343 e. The molecular weight excluding hydrogens is 238 g/mol. The minimum Gasteiger partial charge on any atom is -0.385 e. The van der Waals surface area contributed by atoms with Crippen molar-refractivity contribution in [1.29, 1.82) is 0 Å². The Morgan fingerprint density at radius 2 is 2.29 bits per heavy atom. The second-order valence-corrected chi connectivity index (χ2v) is 5.60. The number of nitrogens with zero attached hydrogens (tertiary/aromatic N) is 2. The van der Waals surface area contributed by atoms with Crippen LogP contribution in [0.15, 0.2) is 9.95 Å². The van der Waals surface area contributed by atoms with E-state index < -0.39 is 0 Å². The van der Waals surface area contributed by atoms with Gasteiger partial charge in [-0.05, 0) is 19.3 Å². The average Bonchev–Trinajstić information content (AvgIpc) is 2.93. The van der Waals surface area contributed by atoms with Crippen LogP contribution < -0.4 is 5.69 Å². The second kappa shape index (κ2) is 6.26. The van der Waals surface area contributed by atoms with E-state index in [1.165, 1.54) is 25.7 Å². The van der Waals surface area contributed by atoms with Gasteiger partial charge in [0, 0.05) is 25.5 Å². The third kappa shape index (κ3) is 3.35. The molecule has 1 heterocycles. The minimum atomic E-state index is -0.110. The molecule has 5 nitrogen and oxygen atoms in total. The lowest BCUT2D eigenvalue weighted by molar-refractivity contribution is 0.189. The highest BCUT2D eigenvalue weighted by Gasteiger charge is 2.19. The number of ether oxygens (including phenoxy) is 1. The number of aromatic nitrogens is 3. The quantitative estimate of drug-likeness (QED) is 0.787. The molecule has 0 bridgehead atoms. The summed E-state index contributed by atoms with van der Waals surface area (Å²) in [6.45, 7) is 1.35. The maximum atomic E-state index is 11.6. The van der Waals surface area contributed by atoms with Crippen LogP contribution in [-0.2, 0) is 11.3 Å². The summed E-state index contributed by atoms with van der Waals surface area (Å²) in [7, 11) is 1.67. The fraction of sp³-hybridized carbons (Fsp3) is 0.818. The molecule has 1 N–H and O–H groups in total. The first kappa shape index (κ1) is 12.7. The van der Waals surface area contributed by atoms with Crippen LogP contribution in [0.3, 0.4) is 0 Å². The first-order valence-corrected chi connectivity index (χ1v) is 7.00. The summed E-state index contributed by atoms with van der Waals surface area (Å²) in [6, 6.07) is 0. The van der Waals surface area contributed by atoms with Crippen molar-refractivity contribution in [3.05, 3.63) is 10.5 Å². The zero-order valence-corrected chi connectivity index (χ0v) is 11.0. The first-order chi connectivity index (χ1) is 8.31. The number of methoxy groups -OCH3 is 1. The summed E-state index contributed by atoms with van der Waals surface area (Å²) in [5, 5.41) is 8.10. The van der Waals surface area contributed by atoms with E-state index in [2.05, 4.69) is 10.2 Å². The van der Waals surface area contributed by atoms with Gasteiger partial charge in [0.2, 0.25) is 0 Å². The van der Waals surface area contributed by atoms with E-state index >= 15 is 0 Å². The number of hydrogen-bond donors (Lipinski definition) is 1. The van der Waals surface area contributed by atoms with Crippen molar-refractivity contribution in [2.45, 2.75) is 49.1 Å². The lowest BCUT2D eigenvalue weighted by atomic mass is 10.4. The van der Waals surface area contributed by atoms with Crippen LogP contribution in [0.5, 0.6) is 0 Å². The minimum absolute atomic E-state index is 0.110. The molecule has 0 unspecified atom stereocenters. The molecule has 0 amide bonds. The highest BCUT2D eigenvalue weighted by molar-refractivity contribution is 7.99. The van der Waals surface area contributed by atoms with Crippen LogP contribution in [0.1, 0.15) is 32.1 Å². The number of aromatic amines is 1. The number of thioether (sulfide) groups is 1. The topological polar surface area (TPSA) is 59.9 Å². The van der Waals surface area contributed by atoms with Gasteiger partial charge < -0.3 is 4.74 Å². The molecular formula is C11H19N3O2S. The summed E-state index contributed by atoms with van der Waals surface area (Å²) in [4.78, 5) is 11.6. The van der Waals surface area contributed by atoms with Gasteiger partial charge in [-0.1, -0.05) is 24.6 Å². The Balaban J connectivity index is 1.98. The van der Waals surface area contributed by atoms with Crippen molar-refractivity contribution >= 4 is 11.8 Å². The van der Waals surface area contributed by atoms with Crippen LogP contribution in [0.4, 0.5) is 0 Å². The van der Waals surface area contributed by atoms with E-state index in [9.17, 15) is 4.79 Å². The van der Waals surface area contributed by atoms with Gasteiger partial charge in [0.05, 0.1) is 0 Å². The maximum absolute atomic E-state index is 11.6. The standard InChI is InChI=1S/C11H19N3O2S/c1-16-8-4-7-14-10(15)12-13-11(14)17-9-5-2-3-6-9/h9H,2-8H2,1H3,(H,12,15). The van der Waals surface area contributed by atoms with E-state index in [0.29, 0.717) is 18.4 Å². The summed E-state index contributed by atoms with van der Waals surface area (Å²) in [5.74, 6) is 0. The predicted octanol–water partition coefficient (Wildman–Crippen LogP) is 1.64. The molecule has 1 aromatic heterocycles. The molecule has 1 fully saturated rings. The Kier molecular flexibility index (Phi) is 4.67. The zero-order chi connectivity index (χ0) is 12.1. The largest absolute Gasteiger partial charge is 0.385 e. The van der Waals surface area contributed by atoms with Gasteiger partial charge in [-0.3, -0.25) is 4.57 Å². The highest BCUT2D eigenvalue weighted by Crippen LogP contribution is 2.33. The summed E-state index contributed by atoms with van der Waals surface area (Å²) in [5.41, 5.74) is -0.110. The van der Waals surface area contributed by atoms with Crippen LogP contribution >= 0.6 is 11.8 Å². The number of rotatable bonds is 6. The van der Waals surface area contributed by atoms with Gasteiger partial charge >= 0.3 is 5.69 Å². The van der Waals surface area contributed by atoms with E-state index in [-0.39, 0.29) is 5.69 Å². The molecule has 1 aromatic rings. The number of nitrogens with one attached hydrogen (secondary N) is 1. The lowest BCUT2D eigenvalue weighted by Gasteiger charge is -2.09. The van der Waals surface area contributed by atoms with E-state index in [1.807, 2.05) is 0 Å². The van der Waals surface area contributed by atoms with Crippen molar-refractivity contribution < 1.29 is 4.74 Å².